The number of hydrogen-bond acceptors (Lipinski definition) is 3. The van der Waals surface area contributed by atoms with Gasteiger partial charge in [-0.05, 0) is 44.4 Å². The second kappa shape index (κ2) is 6.67. The highest BCUT2D eigenvalue weighted by Crippen LogP contribution is 2.29. The second-order valence-corrected chi connectivity index (χ2v) is 6.42. The zero-order valence-corrected chi connectivity index (χ0v) is 13.9. The molecule has 0 saturated carbocycles. The van der Waals surface area contributed by atoms with Gasteiger partial charge >= 0.3 is 0 Å². The summed E-state index contributed by atoms with van der Waals surface area (Å²) < 4.78 is 1.08. The van der Waals surface area contributed by atoms with E-state index in [1.807, 2.05) is 18.3 Å². The van der Waals surface area contributed by atoms with Crippen molar-refractivity contribution >= 4 is 15.9 Å². The van der Waals surface area contributed by atoms with Crippen LogP contribution in [0, 0.1) is 0 Å². The number of aryl methyl sites for hydroxylation is 1. The van der Waals surface area contributed by atoms with E-state index < -0.39 is 0 Å². The highest BCUT2D eigenvalue weighted by atomic mass is 79.9. The minimum Gasteiger partial charge on any atom is -0.310 e. The van der Waals surface area contributed by atoms with Crippen LogP contribution in [0.25, 0.3) is 11.4 Å². The van der Waals surface area contributed by atoms with Crippen molar-refractivity contribution in [2.45, 2.75) is 38.6 Å². The van der Waals surface area contributed by atoms with E-state index in [-0.39, 0.29) is 0 Å². The van der Waals surface area contributed by atoms with Crippen LogP contribution in [0.3, 0.4) is 0 Å². The van der Waals surface area contributed by atoms with Crippen molar-refractivity contribution < 1.29 is 0 Å². The Hall–Kier alpha value is -1.26. The number of fused-ring (bicyclic) bond motifs is 1. The van der Waals surface area contributed by atoms with Crippen LogP contribution < -0.4 is 5.32 Å². The molecule has 1 atom stereocenters. The van der Waals surface area contributed by atoms with E-state index in [9.17, 15) is 0 Å². The van der Waals surface area contributed by atoms with Gasteiger partial charge < -0.3 is 5.32 Å². The standard InChI is InChI=1S/C17H20BrN3/c1-2-10-19-15-4-3-5-16-14(15)11-20-17(21-16)12-6-8-13(18)9-7-12/h6-9,11,15,19H,2-5,10H2,1H3. The molecule has 0 saturated heterocycles. The number of rotatable bonds is 4. The maximum absolute atomic E-state index is 4.81. The Bertz CT molecular complexity index is 610. The summed E-state index contributed by atoms with van der Waals surface area (Å²) >= 11 is 3.46. The topological polar surface area (TPSA) is 37.8 Å². The molecule has 1 aromatic carbocycles. The first-order chi connectivity index (χ1) is 10.3. The van der Waals surface area contributed by atoms with Crippen molar-refractivity contribution in [2.75, 3.05) is 6.54 Å². The van der Waals surface area contributed by atoms with Crippen LogP contribution in [-0.2, 0) is 6.42 Å². The molecule has 1 aliphatic rings. The number of aromatic nitrogens is 2. The Labute approximate surface area is 134 Å². The Balaban J connectivity index is 1.88. The average molecular weight is 346 g/mol. The summed E-state index contributed by atoms with van der Waals surface area (Å²) in [4.78, 5) is 9.39. The first-order valence-electron chi connectivity index (χ1n) is 7.63. The number of nitrogens with one attached hydrogen (secondary N) is 1. The molecule has 0 amide bonds. The molecule has 0 aliphatic heterocycles. The van der Waals surface area contributed by atoms with Crippen LogP contribution in [0.15, 0.2) is 34.9 Å². The average Bonchev–Trinajstić information content (AvgIpc) is 2.53. The van der Waals surface area contributed by atoms with Gasteiger partial charge in [0.2, 0.25) is 0 Å². The first kappa shape index (κ1) is 14.7. The maximum Gasteiger partial charge on any atom is 0.159 e. The molecule has 0 fully saturated rings. The number of nitrogens with zero attached hydrogens (tertiary/aromatic N) is 2. The number of hydrogen-bond donors (Lipinski definition) is 1. The lowest BCUT2D eigenvalue weighted by atomic mass is 9.92. The van der Waals surface area contributed by atoms with E-state index in [4.69, 9.17) is 4.98 Å². The smallest absolute Gasteiger partial charge is 0.159 e. The van der Waals surface area contributed by atoms with Gasteiger partial charge in [-0.3, -0.25) is 0 Å². The summed E-state index contributed by atoms with van der Waals surface area (Å²) in [6, 6.07) is 8.60. The van der Waals surface area contributed by atoms with Gasteiger partial charge in [-0.1, -0.05) is 35.0 Å². The fourth-order valence-corrected chi connectivity index (χ4v) is 3.08. The molecule has 4 heteroatoms. The van der Waals surface area contributed by atoms with Gasteiger partial charge in [0.05, 0.1) is 0 Å². The molecule has 21 heavy (non-hydrogen) atoms. The molecule has 2 aromatic rings. The van der Waals surface area contributed by atoms with E-state index in [0.717, 1.165) is 35.2 Å². The van der Waals surface area contributed by atoms with Gasteiger partial charge in [0, 0.05) is 33.5 Å². The van der Waals surface area contributed by atoms with Crippen molar-refractivity contribution in [2.24, 2.45) is 0 Å². The summed E-state index contributed by atoms with van der Waals surface area (Å²) in [6.45, 7) is 3.25. The Morgan fingerprint density at radius 3 is 2.86 bits per heavy atom. The largest absolute Gasteiger partial charge is 0.310 e. The zero-order chi connectivity index (χ0) is 14.7. The van der Waals surface area contributed by atoms with E-state index in [0.29, 0.717) is 6.04 Å². The van der Waals surface area contributed by atoms with Gasteiger partial charge in [-0.2, -0.15) is 0 Å². The second-order valence-electron chi connectivity index (χ2n) is 5.50. The van der Waals surface area contributed by atoms with Crippen LogP contribution in [-0.4, -0.2) is 16.5 Å². The molecule has 3 nitrogen and oxygen atoms in total. The molecule has 1 unspecified atom stereocenters. The third-order valence-corrected chi connectivity index (χ3v) is 4.45. The van der Waals surface area contributed by atoms with Crippen molar-refractivity contribution in [3.05, 3.63) is 46.2 Å². The van der Waals surface area contributed by atoms with E-state index >= 15 is 0 Å². The fourth-order valence-electron chi connectivity index (χ4n) is 2.82. The quantitative estimate of drug-likeness (QED) is 0.898. The minimum atomic E-state index is 0.424. The van der Waals surface area contributed by atoms with Gasteiger partial charge in [-0.15, -0.1) is 0 Å². The molecular formula is C17H20BrN3. The van der Waals surface area contributed by atoms with Crippen LogP contribution >= 0.6 is 15.9 Å². The van der Waals surface area contributed by atoms with Crippen LogP contribution in [0.4, 0.5) is 0 Å². The Morgan fingerprint density at radius 2 is 2.10 bits per heavy atom. The molecule has 1 aromatic heterocycles. The monoisotopic (exact) mass is 345 g/mol. The van der Waals surface area contributed by atoms with Crippen molar-refractivity contribution in [1.82, 2.24) is 15.3 Å². The maximum atomic E-state index is 4.81. The molecule has 1 N–H and O–H groups in total. The molecule has 0 spiro atoms. The minimum absolute atomic E-state index is 0.424. The Kier molecular flexibility index (Phi) is 4.66. The lowest BCUT2D eigenvalue weighted by molar-refractivity contribution is 0.454. The van der Waals surface area contributed by atoms with Crippen molar-refractivity contribution in [3.63, 3.8) is 0 Å². The van der Waals surface area contributed by atoms with E-state index in [2.05, 4.69) is 45.3 Å². The normalized spacial score (nSPS) is 17.5. The van der Waals surface area contributed by atoms with Gasteiger partial charge in [0.1, 0.15) is 0 Å². The number of halogens is 1. The molecule has 0 radical (unpaired) electrons. The van der Waals surface area contributed by atoms with E-state index in [1.165, 1.54) is 24.1 Å². The third kappa shape index (κ3) is 3.33. The fraction of sp³-hybridized carbons (Fsp3) is 0.412. The third-order valence-electron chi connectivity index (χ3n) is 3.92. The SMILES string of the molecule is CCCNC1CCCc2nc(-c3ccc(Br)cc3)ncc21. The van der Waals surface area contributed by atoms with E-state index in [1.54, 1.807) is 0 Å². The summed E-state index contributed by atoms with van der Waals surface area (Å²) in [5.74, 6) is 0.831. The zero-order valence-electron chi connectivity index (χ0n) is 12.3. The molecular weight excluding hydrogens is 326 g/mol. The highest BCUT2D eigenvalue weighted by Gasteiger charge is 2.21. The van der Waals surface area contributed by atoms with Crippen molar-refractivity contribution in [3.8, 4) is 11.4 Å². The summed E-state index contributed by atoms with van der Waals surface area (Å²) in [6.07, 6.45) is 6.63. The summed E-state index contributed by atoms with van der Waals surface area (Å²) in [5, 5.41) is 3.61. The van der Waals surface area contributed by atoms with Gasteiger partial charge in [0.25, 0.3) is 0 Å². The van der Waals surface area contributed by atoms with Crippen LogP contribution in [0.2, 0.25) is 0 Å². The van der Waals surface area contributed by atoms with Gasteiger partial charge in [0.15, 0.2) is 5.82 Å². The summed E-state index contributed by atoms with van der Waals surface area (Å²) in [7, 11) is 0. The predicted octanol–water partition coefficient (Wildman–Crippen LogP) is 4.28. The highest BCUT2D eigenvalue weighted by molar-refractivity contribution is 9.10. The lowest BCUT2D eigenvalue weighted by Crippen LogP contribution is -2.26. The lowest BCUT2D eigenvalue weighted by Gasteiger charge is -2.25. The van der Waals surface area contributed by atoms with Crippen LogP contribution in [0.1, 0.15) is 43.5 Å². The summed E-state index contributed by atoms with van der Waals surface area (Å²) in [5.41, 5.74) is 3.57. The molecule has 3 rings (SSSR count). The van der Waals surface area contributed by atoms with Gasteiger partial charge in [-0.25, -0.2) is 9.97 Å². The molecule has 0 bridgehead atoms. The molecule has 110 valence electrons. The van der Waals surface area contributed by atoms with Crippen molar-refractivity contribution in [1.29, 1.82) is 0 Å². The first-order valence-corrected chi connectivity index (χ1v) is 8.42. The predicted molar refractivity (Wildman–Crippen MR) is 89.1 cm³/mol. The Morgan fingerprint density at radius 1 is 1.29 bits per heavy atom. The molecule has 1 aliphatic carbocycles. The van der Waals surface area contributed by atoms with Crippen LogP contribution in [0.5, 0.6) is 0 Å². The number of benzene rings is 1. The molecule has 1 heterocycles.